The van der Waals surface area contributed by atoms with Crippen LogP contribution in [-0.2, 0) is 17.6 Å². The molecule has 2 saturated heterocycles. The van der Waals surface area contributed by atoms with Crippen molar-refractivity contribution < 1.29 is 23.6 Å². The SMILES string of the molecule is Cc1c(/C=C2\C(=O)Nc3ccc(F)cc32)[nH]c2c1C(=O)N(CCN1CCCCC1)CCC2.Cc1c(C=O)[nH]c2c1C(=O)N(CCN1CCCCC1)CCC2. The number of benzene rings is 1. The maximum absolute atomic E-state index is 13.8. The van der Waals surface area contributed by atoms with E-state index in [1.54, 1.807) is 12.1 Å². The molecule has 1 aromatic carbocycles. The lowest BCUT2D eigenvalue weighted by Crippen LogP contribution is -2.40. The molecule has 5 aliphatic rings. The van der Waals surface area contributed by atoms with Gasteiger partial charge in [-0.25, -0.2) is 4.39 Å². The predicted octanol–water partition coefficient (Wildman–Crippen LogP) is 5.84. The van der Waals surface area contributed by atoms with E-state index in [0.29, 0.717) is 22.5 Å². The number of rotatable bonds is 8. The lowest BCUT2D eigenvalue weighted by atomic mass is 10.0. The minimum atomic E-state index is -0.385. The number of carbonyl (C=O) groups is 4. The van der Waals surface area contributed by atoms with Crippen molar-refractivity contribution in [3.63, 3.8) is 0 Å². The highest BCUT2D eigenvalue weighted by molar-refractivity contribution is 6.35. The summed E-state index contributed by atoms with van der Waals surface area (Å²) in [6.07, 6.45) is 13.7. The Kier molecular flexibility index (Phi) is 11.8. The van der Waals surface area contributed by atoms with Crippen LogP contribution in [0.25, 0.3) is 11.6 Å². The van der Waals surface area contributed by atoms with E-state index in [1.165, 1.54) is 50.7 Å². The number of aromatic amines is 2. The van der Waals surface area contributed by atoms with Crippen LogP contribution >= 0.6 is 0 Å². The Bertz CT molecular complexity index is 1920. The summed E-state index contributed by atoms with van der Waals surface area (Å²) in [4.78, 5) is 65.2. The number of hydrogen-bond acceptors (Lipinski definition) is 6. The van der Waals surface area contributed by atoms with Gasteiger partial charge < -0.3 is 34.9 Å². The number of nitrogens with zero attached hydrogens (tertiary/aromatic N) is 4. The summed E-state index contributed by atoms with van der Waals surface area (Å²) in [5, 5.41) is 2.78. The summed E-state index contributed by atoms with van der Waals surface area (Å²) in [6, 6.07) is 4.28. The first-order valence-electron chi connectivity index (χ1n) is 20.0. The second kappa shape index (κ2) is 16.9. The van der Waals surface area contributed by atoms with Gasteiger partial charge in [-0.05, 0) is 127 Å². The predicted molar refractivity (Wildman–Crippen MR) is 208 cm³/mol. The van der Waals surface area contributed by atoms with Crippen molar-refractivity contribution in [1.29, 1.82) is 0 Å². The molecular weight excluding hydrogens is 686 g/mol. The summed E-state index contributed by atoms with van der Waals surface area (Å²) >= 11 is 0. The van der Waals surface area contributed by atoms with Crippen molar-refractivity contribution >= 4 is 41.3 Å². The molecule has 0 saturated carbocycles. The molecule has 0 aliphatic carbocycles. The van der Waals surface area contributed by atoms with Gasteiger partial charge in [0.05, 0.1) is 22.4 Å². The topological polar surface area (TPSA) is 125 Å². The number of H-pyrrole nitrogens is 2. The molecule has 3 aromatic rings. The highest BCUT2D eigenvalue weighted by Gasteiger charge is 2.31. The van der Waals surface area contributed by atoms with Crippen molar-refractivity contribution in [2.75, 3.05) is 70.8 Å². The second-order valence-corrected chi connectivity index (χ2v) is 15.5. The van der Waals surface area contributed by atoms with E-state index in [1.807, 2.05) is 23.6 Å². The van der Waals surface area contributed by atoms with Crippen LogP contribution < -0.4 is 5.32 Å². The Labute approximate surface area is 317 Å². The minimum Gasteiger partial charge on any atom is -0.358 e. The van der Waals surface area contributed by atoms with Crippen LogP contribution in [-0.4, -0.2) is 119 Å². The molecule has 12 heteroatoms. The second-order valence-electron chi connectivity index (χ2n) is 15.5. The molecule has 0 unspecified atom stereocenters. The van der Waals surface area contributed by atoms with Crippen LogP contribution in [0.2, 0.25) is 0 Å². The number of carbonyl (C=O) groups excluding carboxylic acids is 4. The van der Waals surface area contributed by atoms with E-state index in [2.05, 4.69) is 25.1 Å². The lowest BCUT2D eigenvalue weighted by Gasteiger charge is -2.29. The first-order chi connectivity index (χ1) is 26.2. The molecule has 2 fully saturated rings. The smallest absolute Gasteiger partial charge is 0.256 e. The third kappa shape index (κ3) is 8.10. The van der Waals surface area contributed by atoms with Crippen LogP contribution in [0.4, 0.5) is 10.1 Å². The molecule has 5 aliphatic heterocycles. The number of aryl methyl sites for hydroxylation is 2. The van der Waals surface area contributed by atoms with E-state index in [-0.39, 0.29) is 23.5 Å². The van der Waals surface area contributed by atoms with E-state index in [0.717, 1.165) is 137 Å². The van der Waals surface area contributed by atoms with Gasteiger partial charge in [-0.15, -0.1) is 0 Å². The van der Waals surface area contributed by atoms with E-state index >= 15 is 0 Å². The molecule has 0 bridgehead atoms. The minimum absolute atomic E-state index is 0.0650. The highest BCUT2D eigenvalue weighted by Crippen LogP contribution is 2.35. The zero-order valence-corrected chi connectivity index (χ0v) is 31.8. The number of aromatic nitrogens is 2. The summed E-state index contributed by atoms with van der Waals surface area (Å²) < 4.78 is 13.8. The molecule has 0 atom stereocenters. The molecule has 7 heterocycles. The summed E-state index contributed by atoms with van der Waals surface area (Å²) in [7, 11) is 0. The Morgan fingerprint density at radius 1 is 0.667 bits per heavy atom. The van der Waals surface area contributed by atoms with Gasteiger partial charge in [-0.3, -0.25) is 19.2 Å². The van der Waals surface area contributed by atoms with Crippen LogP contribution in [0.15, 0.2) is 18.2 Å². The van der Waals surface area contributed by atoms with Crippen LogP contribution in [0.1, 0.15) is 116 Å². The summed E-state index contributed by atoms with van der Waals surface area (Å²) in [6.45, 7) is 13.3. The Balaban J connectivity index is 0.000000179. The quantitative estimate of drug-likeness (QED) is 0.197. The van der Waals surface area contributed by atoms with Crippen molar-refractivity contribution in [3.05, 3.63) is 74.6 Å². The fourth-order valence-corrected chi connectivity index (χ4v) is 8.75. The van der Waals surface area contributed by atoms with E-state index < -0.39 is 0 Å². The number of anilines is 1. The third-order valence-corrected chi connectivity index (χ3v) is 11.9. The Morgan fingerprint density at radius 2 is 1.19 bits per heavy atom. The first-order valence-corrected chi connectivity index (χ1v) is 20.0. The third-order valence-electron chi connectivity index (χ3n) is 11.9. The van der Waals surface area contributed by atoms with E-state index in [4.69, 9.17) is 0 Å². The van der Waals surface area contributed by atoms with Crippen LogP contribution in [0.5, 0.6) is 0 Å². The molecule has 54 heavy (non-hydrogen) atoms. The highest BCUT2D eigenvalue weighted by atomic mass is 19.1. The van der Waals surface area contributed by atoms with Crippen molar-refractivity contribution in [2.24, 2.45) is 0 Å². The number of likely N-dealkylation sites (tertiary alicyclic amines) is 2. The fourth-order valence-electron chi connectivity index (χ4n) is 8.75. The van der Waals surface area contributed by atoms with E-state index in [9.17, 15) is 23.6 Å². The van der Waals surface area contributed by atoms with Crippen molar-refractivity contribution in [2.45, 2.75) is 78.1 Å². The summed E-state index contributed by atoms with van der Waals surface area (Å²) in [5.74, 6) is -0.490. The van der Waals surface area contributed by atoms with Crippen LogP contribution in [0, 0.1) is 19.7 Å². The lowest BCUT2D eigenvalue weighted by molar-refractivity contribution is -0.110. The maximum atomic E-state index is 13.8. The molecule has 0 radical (unpaired) electrons. The van der Waals surface area contributed by atoms with Crippen molar-refractivity contribution in [3.8, 4) is 0 Å². The van der Waals surface area contributed by atoms with Gasteiger partial charge in [0.2, 0.25) is 0 Å². The standard InChI is InChI=1S/C25H29FN4O2.C17H25N3O2/c1-16-22(15-19-18-14-17(26)7-8-20(18)28-24(19)31)27-21-6-5-11-30(25(32)23(16)21)13-12-29-9-3-2-4-10-29;1-13-15(12-21)18-14-6-5-9-20(17(22)16(13)14)11-10-19-7-3-2-4-8-19/h7-8,14-15,27H,2-6,9-13H2,1H3,(H,28,31);12,18H,2-11H2,1H3/b19-15-;. The molecule has 3 amide bonds. The average Bonchev–Trinajstić information content (AvgIpc) is 3.70. The molecule has 3 N–H and O–H groups in total. The van der Waals surface area contributed by atoms with Gasteiger partial charge in [0, 0.05) is 67.6 Å². The summed E-state index contributed by atoms with van der Waals surface area (Å²) in [5.41, 5.74) is 7.84. The monoisotopic (exact) mass is 739 g/mol. The number of hydrogen-bond donors (Lipinski definition) is 3. The number of nitrogens with one attached hydrogen (secondary N) is 3. The van der Waals surface area contributed by atoms with Gasteiger partial charge in [-0.1, -0.05) is 12.8 Å². The van der Waals surface area contributed by atoms with Gasteiger partial charge in [-0.2, -0.15) is 0 Å². The van der Waals surface area contributed by atoms with Gasteiger partial charge in [0.25, 0.3) is 17.7 Å². The molecule has 8 rings (SSSR count). The zero-order valence-electron chi connectivity index (χ0n) is 31.8. The van der Waals surface area contributed by atoms with Crippen LogP contribution in [0.3, 0.4) is 0 Å². The Morgan fingerprint density at radius 3 is 1.72 bits per heavy atom. The normalized spacial score (nSPS) is 20.1. The fraction of sp³-hybridized carbons (Fsp3) is 0.524. The number of halogens is 1. The van der Waals surface area contributed by atoms with Gasteiger partial charge >= 0.3 is 0 Å². The zero-order chi connectivity index (χ0) is 37.8. The number of amides is 3. The first kappa shape index (κ1) is 37.8. The average molecular weight is 740 g/mol. The molecule has 288 valence electrons. The Hall–Kier alpha value is -4.55. The van der Waals surface area contributed by atoms with Gasteiger partial charge in [0.15, 0.2) is 6.29 Å². The largest absolute Gasteiger partial charge is 0.358 e. The number of fused-ring (bicyclic) bond motifs is 3. The molecule has 0 spiro atoms. The molecular formula is C42H54FN7O4. The maximum Gasteiger partial charge on any atom is 0.256 e. The van der Waals surface area contributed by atoms with Gasteiger partial charge in [0.1, 0.15) is 5.82 Å². The number of piperidine rings is 2. The molecule has 2 aromatic heterocycles. The number of aldehydes is 1. The molecule has 11 nitrogen and oxygen atoms in total. The van der Waals surface area contributed by atoms with Crippen molar-refractivity contribution in [1.82, 2.24) is 29.6 Å².